The molecular formula is C27H32N4O3. The second kappa shape index (κ2) is 9.81. The van der Waals surface area contributed by atoms with Crippen LogP contribution in [-0.2, 0) is 16.0 Å². The number of imidazole rings is 1. The number of aryl methyl sites for hydroxylation is 2. The third-order valence-electron chi connectivity index (χ3n) is 6.72. The number of aromatic nitrogens is 2. The quantitative estimate of drug-likeness (QED) is 0.313. The number of Topliss-reactive ketones (excluding diaryl/α,β-unsaturated/α-hetero) is 1. The van der Waals surface area contributed by atoms with Gasteiger partial charge in [-0.3, -0.25) is 14.0 Å². The number of amides is 1. The van der Waals surface area contributed by atoms with Crippen LogP contribution in [-0.4, -0.2) is 62.2 Å². The predicted molar refractivity (Wildman–Crippen MR) is 133 cm³/mol. The number of pyridine rings is 1. The van der Waals surface area contributed by atoms with Crippen LogP contribution in [0, 0.1) is 6.92 Å². The number of aliphatic hydroxyl groups excluding tert-OH is 1. The van der Waals surface area contributed by atoms with E-state index in [1.54, 1.807) is 22.4 Å². The Morgan fingerprint density at radius 1 is 1.06 bits per heavy atom. The molecule has 1 fully saturated rings. The smallest absolute Gasteiger partial charge is 0.295 e. The number of nitrogens with zero attached hydrogens (tertiary/aromatic N) is 4. The van der Waals surface area contributed by atoms with Gasteiger partial charge in [-0.25, -0.2) is 4.98 Å². The maximum Gasteiger partial charge on any atom is 0.295 e. The number of rotatable bonds is 8. The Morgan fingerprint density at radius 2 is 1.76 bits per heavy atom. The lowest BCUT2D eigenvalue weighted by Gasteiger charge is -2.28. The van der Waals surface area contributed by atoms with Gasteiger partial charge in [-0.15, -0.1) is 0 Å². The van der Waals surface area contributed by atoms with Gasteiger partial charge in [-0.05, 0) is 49.7 Å². The highest BCUT2D eigenvalue weighted by atomic mass is 16.3. The number of carbonyl (C=O) groups is 2. The third-order valence-corrected chi connectivity index (χ3v) is 6.72. The third kappa shape index (κ3) is 4.12. The van der Waals surface area contributed by atoms with Gasteiger partial charge in [0, 0.05) is 19.3 Å². The molecule has 7 nitrogen and oxygen atoms in total. The SMILES string of the molecule is CCc1ccc(C2/C(=C(\O)c3c(C)nc4ccccn34)C(=O)C(=O)N2CCN(CC)CC)cc1. The van der Waals surface area contributed by atoms with E-state index in [0.717, 1.165) is 25.1 Å². The molecule has 1 aromatic carbocycles. The molecule has 3 aromatic rings. The van der Waals surface area contributed by atoms with Crippen molar-refractivity contribution in [2.24, 2.45) is 0 Å². The molecular weight excluding hydrogens is 428 g/mol. The summed E-state index contributed by atoms with van der Waals surface area (Å²) >= 11 is 0. The Labute approximate surface area is 200 Å². The molecule has 34 heavy (non-hydrogen) atoms. The first kappa shape index (κ1) is 23.7. The lowest BCUT2D eigenvalue weighted by Crippen LogP contribution is -2.38. The normalized spacial score (nSPS) is 17.9. The summed E-state index contributed by atoms with van der Waals surface area (Å²) < 4.78 is 1.76. The summed E-state index contributed by atoms with van der Waals surface area (Å²) in [7, 11) is 0. The summed E-state index contributed by atoms with van der Waals surface area (Å²) in [5.74, 6) is -1.43. The van der Waals surface area contributed by atoms with Crippen molar-refractivity contribution in [1.82, 2.24) is 19.2 Å². The van der Waals surface area contributed by atoms with E-state index in [1.165, 1.54) is 5.56 Å². The molecule has 3 heterocycles. The van der Waals surface area contributed by atoms with Gasteiger partial charge in [-0.2, -0.15) is 0 Å². The highest BCUT2D eigenvalue weighted by Crippen LogP contribution is 2.40. The summed E-state index contributed by atoms with van der Waals surface area (Å²) in [6.45, 7) is 10.8. The minimum atomic E-state index is -0.660. The highest BCUT2D eigenvalue weighted by Gasteiger charge is 2.46. The van der Waals surface area contributed by atoms with E-state index in [2.05, 4.69) is 30.7 Å². The van der Waals surface area contributed by atoms with Crippen LogP contribution < -0.4 is 0 Å². The number of carbonyl (C=O) groups excluding carboxylic acids is 2. The fraction of sp³-hybridized carbons (Fsp3) is 0.370. The van der Waals surface area contributed by atoms with E-state index in [4.69, 9.17) is 0 Å². The Morgan fingerprint density at radius 3 is 2.41 bits per heavy atom. The largest absolute Gasteiger partial charge is 0.505 e. The molecule has 0 spiro atoms. The zero-order valence-electron chi connectivity index (χ0n) is 20.3. The van der Waals surface area contributed by atoms with Crippen LogP contribution in [0.1, 0.15) is 49.3 Å². The van der Waals surface area contributed by atoms with Crippen molar-refractivity contribution in [3.05, 3.63) is 76.7 Å². The van der Waals surface area contributed by atoms with Gasteiger partial charge in [0.05, 0.1) is 17.3 Å². The lowest BCUT2D eigenvalue weighted by atomic mass is 9.95. The van der Waals surface area contributed by atoms with Crippen LogP contribution >= 0.6 is 0 Å². The first-order chi connectivity index (χ1) is 16.4. The number of benzene rings is 1. The van der Waals surface area contributed by atoms with Crippen LogP contribution in [0.2, 0.25) is 0 Å². The van der Waals surface area contributed by atoms with Crippen LogP contribution in [0.5, 0.6) is 0 Å². The number of likely N-dealkylation sites (N-methyl/N-ethyl adjacent to an activating group) is 1. The molecule has 1 unspecified atom stereocenters. The Bertz CT molecular complexity index is 1240. The minimum Gasteiger partial charge on any atom is -0.505 e. The van der Waals surface area contributed by atoms with Gasteiger partial charge in [0.1, 0.15) is 11.3 Å². The van der Waals surface area contributed by atoms with Gasteiger partial charge >= 0.3 is 0 Å². The topological polar surface area (TPSA) is 78.1 Å². The van der Waals surface area contributed by atoms with E-state index < -0.39 is 17.7 Å². The Hall–Kier alpha value is -3.45. The second-order valence-electron chi connectivity index (χ2n) is 8.59. The molecule has 178 valence electrons. The molecule has 1 aliphatic heterocycles. The first-order valence-electron chi connectivity index (χ1n) is 11.9. The van der Waals surface area contributed by atoms with Crippen molar-refractivity contribution in [3.8, 4) is 0 Å². The van der Waals surface area contributed by atoms with Crippen LogP contribution in [0.15, 0.2) is 54.2 Å². The maximum absolute atomic E-state index is 13.3. The van der Waals surface area contributed by atoms with Crippen LogP contribution in [0.4, 0.5) is 0 Å². The minimum absolute atomic E-state index is 0.113. The molecule has 1 aliphatic rings. The second-order valence-corrected chi connectivity index (χ2v) is 8.59. The molecule has 0 aliphatic carbocycles. The Kier molecular flexibility index (Phi) is 6.84. The molecule has 7 heteroatoms. The molecule has 1 N–H and O–H groups in total. The number of aliphatic hydroxyl groups is 1. The number of ketones is 1. The fourth-order valence-corrected chi connectivity index (χ4v) is 4.71. The van der Waals surface area contributed by atoms with Crippen LogP contribution in [0.25, 0.3) is 11.4 Å². The molecule has 4 rings (SSSR count). The molecule has 0 bridgehead atoms. The van der Waals surface area contributed by atoms with Gasteiger partial charge in [0.15, 0.2) is 5.76 Å². The van der Waals surface area contributed by atoms with Crippen LogP contribution in [0.3, 0.4) is 0 Å². The fourth-order valence-electron chi connectivity index (χ4n) is 4.71. The predicted octanol–water partition coefficient (Wildman–Crippen LogP) is 3.97. The van der Waals surface area contributed by atoms with E-state index in [9.17, 15) is 14.7 Å². The van der Waals surface area contributed by atoms with E-state index in [-0.39, 0.29) is 11.3 Å². The Balaban J connectivity index is 1.87. The van der Waals surface area contributed by atoms with Crippen molar-refractivity contribution in [2.45, 2.75) is 40.2 Å². The molecule has 2 aromatic heterocycles. The first-order valence-corrected chi connectivity index (χ1v) is 11.9. The number of fused-ring (bicyclic) bond motifs is 1. The summed E-state index contributed by atoms with van der Waals surface area (Å²) in [6.07, 6.45) is 2.69. The molecule has 1 atom stereocenters. The van der Waals surface area contributed by atoms with E-state index >= 15 is 0 Å². The number of likely N-dealkylation sites (tertiary alicyclic amines) is 1. The zero-order valence-corrected chi connectivity index (χ0v) is 20.3. The summed E-state index contributed by atoms with van der Waals surface area (Å²) in [5.41, 5.74) is 3.79. The van der Waals surface area contributed by atoms with Gasteiger partial charge in [0.2, 0.25) is 0 Å². The van der Waals surface area contributed by atoms with Gasteiger partial charge in [0.25, 0.3) is 11.7 Å². The van der Waals surface area contributed by atoms with Crippen molar-refractivity contribution in [2.75, 3.05) is 26.2 Å². The lowest BCUT2D eigenvalue weighted by molar-refractivity contribution is -0.140. The number of hydrogen-bond donors (Lipinski definition) is 1. The van der Waals surface area contributed by atoms with E-state index in [0.29, 0.717) is 30.1 Å². The molecule has 1 amide bonds. The van der Waals surface area contributed by atoms with E-state index in [1.807, 2.05) is 42.5 Å². The van der Waals surface area contributed by atoms with Gasteiger partial charge < -0.3 is 14.9 Å². The standard InChI is InChI=1S/C27H32N4O3/c1-5-19-11-13-20(14-12-19)24-22(26(33)27(34)31(24)17-16-29(6-2)7-3)25(32)23-18(4)28-21-10-8-9-15-30(21)23/h8-15,24,32H,5-7,16-17H2,1-4H3/b25-22+. The van der Waals surface area contributed by atoms with Crippen molar-refractivity contribution >= 4 is 23.1 Å². The molecule has 0 saturated carbocycles. The highest BCUT2D eigenvalue weighted by molar-refractivity contribution is 6.46. The van der Waals surface area contributed by atoms with Crippen molar-refractivity contribution < 1.29 is 14.7 Å². The number of hydrogen-bond acceptors (Lipinski definition) is 5. The van der Waals surface area contributed by atoms with Crippen molar-refractivity contribution in [3.63, 3.8) is 0 Å². The van der Waals surface area contributed by atoms with Gasteiger partial charge in [-0.1, -0.05) is 51.1 Å². The summed E-state index contributed by atoms with van der Waals surface area (Å²) in [5, 5.41) is 11.5. The molecule has 1 saturated heterocycles. The monoisotopic (exact) mass is 460 g/mol. The maximum atomic E-state index is 13.3. The summed E-state index contributed by atoms with van der Waals surface area (Å²) in [6, 6.07) is 12.8. The summed E-state index contributed by atoms with van der Waals surface area (Å²) in [4.78, 5) is 34.9. The average molecular weight is 461 g/mol. The zero-order chi connectivity index (χ0) is 24.4. The van der Waals surface area contributed by atoms with Crippen molar-refractivity contribution in [1.29, 1.82) is 0 Å². The average Bonchev–Trinajstić information content (AvgIpc) is 3.32. The molecule has 0 radical (unpaired) electrons.